The molecule has 0 saturated heterocycles. The minimum atomic E-state index is 1.56. The highest BCUT2D eigenvalue weighted by Crippen LogP contribution is 1.76. The van der Waals surface area contributed by atoms with Gasteiger partial charge in [-0.1, -0.05) is 21.7 Å². The fraction of sp³-hybridized carbons (Fsp3) is 0. The van der Waals surface area contributed by atoms with Crippen LogP contribution < -0.4 is 0 Å². The summed E-state index contributed by atoms with van der Waals surface area (Å²) in [4.78, 5) is 0. The Labute approximate surface area is 39.7 Å². The van der Waals surface area contributed by atoms with E-state index in [1.807, 2.05) is 0 Å². The molecule has 0 aromatic carbocycles. The molecule has 2 heteroatoms. The Hall–Kier alpha value is -0.290. The van der Waals surface area contributed by atoms with E-state index in [1.54, 1.807) is 27.4 Å². The molecule has 0 bridgehead atoms. The third-order valence-electron chi connectivity index (χ3n) is 0.328. The van der Waals surface area contributed by atoms with Crippen LogP contribution in [0.15, 0.2) is 29.7 Å². The standard InChI is InChI=1S/C4H8NP/c1-2-3-4-5-6/h2-4H,1H2,6H3/b4-3+. The van der Waals surface area contributed by atoms with Crippen LogP contribution in [0.4, 0.5) is 0 Å². The average molecular weight is 101 g/mol. The van der Waals surface area contributed by atoms with E-state index >= 15 is 0 Å². The summed E-state index contributed by atoms with van der Waals surface area (Å²) in [6.07, 6.45) is 5.18. The fourth-order valence-corrected chi connectivity index (χ4v) is 0.243. The highest BCUT2D eigenvalue weighted by atomic mass is 31.0. The van der Waals surface area contributed by atoms with Crippen molar-refractivity contribution in [2.75, 3.05) is 0 Å². The van der Waals surface area contributed by atoms with Crippen LogP contribution in [0, 0.1) is 0 Å². The second kappa shape index (κ2) is 4.71. The van der Waals surface area contributed by atoms with Gasteiger partial charge in [-0.05, 0) is 6.08 Å². The molecule has 0 radical (unpaired) electrons. The molecule has 0 heterocycles. The first kappa shape index (κ1) is 5.71. The minimum absolute atomic E-state index is 1.56. The quantitative estimate of drug-likeness (QED) is 0.369. The number of hydrogen-bond donors (Lipinski definition) is 0. The summed E-state index contributed by atoms with van der Waals surface area (Å²) >= 11 is 0. The van der Waals surface area contributed by atoms with Crippen LogP contribution in [-0.2, 0) is 0 Å². The third-order valence-corrected chi connectivity index (χ3v) is 0.538. The van der Waals surface area contributed by atoms with Gasteiger partial charge in [0.2, 0.25) is 0 Å². The first-order valence-electron chi connectivity index (χ1n) is 1.65. The topological polar surface area (TPSA) is 12.4 Å². The lowest BCUT2D eigenvalue weighted by Gasteiger charge is -1.62. The van der Waals surface area contributed by atoms with E-state index in [-0.39, 0.29) is 0 Å². The van der Waals surface area contributed by atoms with Crippen LogP contribution in [0.1, 0.15) is 0 Å². The van der Waals surface area contributed by atoms with Crippen molar-refractivity contribution in [3.8, 4) is 0 Å². The predicted octanol–water partition coefficient (Wildman–Crippen LogP) is 1.48. The summed E-state index contributed by atoms with van der Waals surface area (Å²) < 4.78 is 3.70. The summed E-state index contributed by atoms with van der Waals surface area (Å²) in [5, 5.41) is 0. The fourth-order valence-electron chi connectivity index (χ4n) is 0.122. The maximum absolute atomic E-state index is 3.70. The molecule has 0 aromatic heterocycles. The molecule has 0 saturated carbocycles. The molecule has 0 N–H and O–H groups in total. The number of allylic oxidation sites excluding steroid dienone is 2. The normalized spacial score (nSPS) is 9.33. The van der Waals surface area contributed by atoms with Gasteiger partial charge in [0.15, 0.2) is 0 Å². The van der Waals surface area contributed by atoms with Gasteiger partial charge in [-0.3, -0.25) is 4.74 Å². The zero-order valence-electron chi connectivity index (χ0n) is 3.59. The van der Waals surface area contributed by atoms with Crippen molar-refractivity contribution in [2.24, 2.45) is 4.74 Å². The first-order chi connectivity index (χ1) is 2.91. The molecule has 0 aromatic rings. The van der Waals surface area contributed by atoms with E-state index in [1.165, 1.54) is 0 Å². The molecule has 0 aliphatic rings. The van der Waals surface area contributed by atoms with E-state index in [4.69, 9.17) is 0 Å². The summed E-state index contributed by atoms with van der Waals surface area (Å²) in [5.74, 6) is 0. The van der Waals surface area contributed by atoms with Gasteiger partial charge in [0.25, 0.3) is 0 Å². The Balaban J connectivity index is 3.17. The summed E-state index contributed by atoms with van der Waals surface area (Å²) in [7, 11) is 1.56. The molecular weight excluding hydrogens is 93.0 g/mol. The van der Waals surface area contributed by atoms with Gasteiger partial charge in [-0.2, -0.15) is 0 Å². The number of nitrogens with zero attached hydrogens (tertiary/aromatic N) is 1. The molecule has 0 spiro atoms. The third kappa shape index (κ3) is 3.71. The van der Waals surface area contributed by atoms with Crippen molar-refractivity contribution < 1.29 is 0 Å². The van der Waals surface area contributed by atoms with Crippen LogP contribution in [0.5, 0.6) is 0 Å². The molecule has 0 aliphatic carbocycles. The van der Waals surface area contributed by atoms with Crippen LogP contribution in [0.3, 0.4) is 0 Å². The van der Waals surface area contributed by atoms with Crippen LogP contribution in [0.25, 0.3) is 0 Å². The van der Waals surface area contributed by atoms with Crippen LogP contribution >= 0.6 is 9.03 Å². The second-order valence-electron chi connectivity index (χ2n) is 0.760. The molecule has 34 valence electrons. The molecule has 0 aliphatic heterocycles. The summed E-state index contributed by atoms with van der Waals surface area (Å²) in [6.45, 7) is 3.45. The van der Waals surface area contributed by atoms with Gasteiger partial charge in [-0.25, -0.2) is 0 Å². The lowest BCUT2D eigenvalue weighted by molar-refractivity contribution is 1.65. The molecule has 1 atom stereocenters. The first-order valence-corrected chi connectivity index (χ1v) is 2.28. The largest absolute Gasteiger partial charge is 0.284 e. The number of hydrogen-bond acceptors (Lipinski definition) is 1. The van der Waals surface area contributed by atoms with E-state index in [0.29, 0.717) is 0 Å². The van der Waals surface area contributed by atoms with Gasteiger partial charge in [0.05, 0.1) is 0 Å². The Morgan fingerprint density at radius 2 is 2.33 bits per heavy atom. The smallest absolute Gasteiger partial charge is 0.0242 e. The Morgan fingerprint density at radius 3 is 2.50 bits per heavy atom. The second-order valence-corrected chi connectivity index (χ2v) is 1.12. The Kier molecular flexibility index (Phi) is 4.48. The maximum atomic E-state index is 3.70. The molecule has 0 fully saturated rings. The zero-order valence-corrected chi connectivity index (χ0v) is 5.01. The SMILES string of the molecule is C=C/C=C/N=[PH3]. The molecular formula is C4H8NP. The Bertz CT molecular complexity index is 65.6. The lowest BCUT2D eigenvalue weighted by atomic mass is 10.6. The van der Waals surface area contributed by atoms with E-state index in [0.717, 1.165) is 0 Å². The maximum Gasteiger partial charge on any atom is 0.0242 e. The van der Waals surface area contributed by atoms with Crippen LogP contribution in [0.2, 0.25) is 0 Å². The van der Waals surface area contributed by atoms with Crippen molar-refractivity contribution in [1.82, 2.24) is 0 Å². The van der Waals surface area contributed by atoms with Gasteiger partial charge < -0.3 is 0 Å². The van der Waals surface area contributed by atoms with Gasteiger partial charge in [-0.15, -0.1) is 0 Å². The van der Waals surface area contributed by atoms with Crippen molar-refractivity contribution in [1.29, 1.82) is 0 Å². The van der Waals surface area contributed by atoms with Crippen molar-refractivity contribution in [3.63, 3.8) is 0 Å². The average Bonchev–Trinajstić information content (AvgIpc) is 1.61. The molecule has 1 unspecified atom stereocenters. The lowest BCUT2D eigenvalue weighted by Crippen LogP contribution is -1.36. The van der Waals surface area contributed by atoms with Crippen LogP contribution in [-0.4, -0.2) is 0 Å². The predicted molar refractivity (Wildman–Crippen MR) is 32.9 cm³/mol. The van der Waals surface area contributed by atoms with Gasteiger partial charge >= 0.3 is 0 Å². The minimum Gasteiger partial charge on any atom is -0.284 e. The molecule has 6 heavy (non-hydrogen) atoms. The zero-order chi connectivity index (χ0) is 4.83. The molecule has 1 nitrogen and oxygen atoms in total. The molecule has 0 rings (SSSR count). The van der Waals surface area contributed by atoms with E-state index in [2.05, 4.69) is 11.3 Å². The van der Waals surface area contributed by atoms with E-state index in [9.17, 15) is 0 Å². The van der Waals surface area contributed by atoms with Gasteiger partial charge in [0.1, 0.15) is 0 Å². The highest BCUT2D eigenvalue weighted by molar-refractivity contribution is 7.04. The van der Waals surface area contributed by atoms with E-state index < -0.39 is 0 Å². The summed E-state index contributed by atoms with van der Waals surface area (Å²) in [5.41, 5.74) is 0. The van der Waals surface area contributed by atoms with Crippen molar-refractivity contribution >= 4 is 9.03 Å². The Morgan fingerprint density at radius 1 is 1.67 bits per heavy atom. The van der Waals surface area contributed by atoms with Gasteiger partial charge in [0, 0.05) is 6.20 Å². The van der Waals surface area contributed by atoms with Crippen molar-refractivity contribution in [2.45, 2.75) is 0 Å². The highest BCUT2D eigenvalue weighted by Gasteiger charge is 1.47. The monoisotopic (exact) mass is 101 g/mol. The number of rotatable bonds is 2. The molecule has 0 amide bonds. The summed E-state index contributed by atoms with van der Waals surface area (Å²) in [6, 6.07) is 0. The van der Waals surface area contributed by atoms with Crippen molar-refractivity contribution in [3.05, 3.63) is 24.9 Å².